The highest BCUT2D eigenvalue weighted by Gasteiger charge is 2.25. The quantitative estimate of drug-likeness (QED) is 0.488. The molecule has 2 amide bonds. The molecule has 2 rings (SSSR count). The number of carbonyl (C=O) groups is 2. The number of nitrogens with zero attached hydrogens (tertiary/aromatic N) is 1. The Hall–Kier alpha value is -2.21. The fraction of sp³-hybridized carbons (Fsp3) is 0. The van der Waals surface area contributed by atoms with Crippen molar-refractivity contribution >= 4 is 34.7 Å². The average Bonchev–Trinajstić information content (AvgIpc) is 2.58. The molecule has 0 aliphatic carbocycles. The van der Waals surface area contributed by atoms with Gasteiger partial charge < -0.3 is 0 Å². The summed E-state index contributed by atoms with van der Waals surface area (Å²) >= 11 is 5.84. The number of nitrogens with one attached hydrogen (secondary N) is 1. The number of hydrogen-bond donors (Lipinski definition) is 1. The van der Waals surface area contributed by atoms with Crippen LogP contribution >= 0.6 is 11.6 Å². The van der Waals surface area contributed by atoms with Crippen molar-refractivity contribution < 1.29 is 14.5 Å². The van der Waals surface area contributed by atoms with Crippen LogP contribution in [0, 0.1) is 10.1 Å². The number of benzene rings is 1. The van der Waals surface area contributed by atoms with E-state index in [0.717, 1.165) is 12.1 Å². The van der Waals surface area contributed by atoms with Crippen molar-refractivity contribution in [2.75, 3.05) is 0 Å². The first kappa shape index (κ1) is 11.3. The molecule has 0 spiro atoms. The summed E-state index contributed by atoms with van der Waals surface area (Å²) in [7, 11) is 0. The lowest BCUT2D eigenvalue weighted by molar-refractivity contribution is -0.384. The van der Waals surface area contributed by atoms with Crippen LogP contribution in [-0.2, 0) is 9.59 Å². The zero-order valence-electron chi connectivity index (χ0n) is 8.27. The zero-order valence-corrected chi connectivity index (χ0v) is 9.02. The van der Waals surface area contributed by atoms with E-state index in [1.807, 2.05) is 5.32 Å². The summed E-state index contributed by atoms with van der Waals surface area (Å²) in [6, 6.07) is 3.69. The minimum Gasteiger partial charge on any atom is -0.289 e. The monoisotopic (exact) mass is 252 g/mol. The van der Waals surface area contributed by atoms with Gasteiger partial charge in [-0.3, -0.25) is 25.0 Å². The maximum atomic E-state index is 11.4. The van der Waals surface area contributed by atoms with Crippen LogP contribution in [0.4, 0.5) is 5.69 Å². The van der Waals surface area contributed by atoms with Gasteiger partial charge in [0.2, 0.25) is 0 Å². The Balaban J connectivity index is 2.55. The number of nitro benzene ring substituents is 1. The molecule has 7 heteroatoms. The number of nitro groups is 1. The minimum absolute atomic E-state index is 0.0312. The molecule has 0 unspecified atom stereocenters. The molecule has 0 aromatic heterocycles. The summed E-state index contributed by atoms with van der Waals surface area (Å²) in [5.41, 5.74) is 0.00497. The summed E-state index contributed by atoms with van der Waals surface area (Å²) in [4.78, 5) is 32.4. The van der Waals surface area contributed by atoms with Crippen LogP contribution in [0.25, 0.3) is 5.57 Å². The van der Waals surface area contributed by atoms with Crippen molar-refractivity contribution in [3.63, 3.8) is 0 Å². The Kier molecular flexibility index (Phi) is 2.64. The van der Waals surface area contributed by atoms with Crippen LogP contribution in [0.5, 0.6) is 0 Å². The van der Waals surface area contributed by atoms with Gasteiger partial charge in [0.05, 0.1) is 10.5 Å². The molecule has 1 aromatic rings. The number of halogens is 1. The Morgan fingerprint density at radius 3 is 2.53 bits per heavy atom. The molecule has 0 radical (unpaired) electrons. The fourth-order valence-electron chi connectivity index (χ4n) is 1.45. The van der Waals surface area contributed by atoms with Gasteiger partial charge in [-0.05, 0) is 6.07 Å². The van der Waals surface area contributed by atoms with Crippen LogP contribution in [0.1, 0.15) is 5.56 Å². The Labute approximate surface area is 100 Å². The van der Waals surface area contributed by atoms with Crippen LogP contribution in [0.2, 0.25) is 5.02 Å². The third kappa shape index (κ3) is 2.02. The van der Waals surface area contributed by atoms with E-state index in [1.165, 1.54) is 12.1 Å². The lowest BCUT2D eigenvalue weighted by Crippen LogP contribution is -2.21. The minimum atomic E-state index is -0.614. The summed E-state index contributed by atoms with van der Waals surface area (Å²) in [5, 5.41) is 12.8. The summed E-state index contributed by atoms with van der Waals surface area (Å²) in [6.45, 7) is 0. The van der Waals surface area contributed by atoms with E-state index in [1.54, 1.807) is 0 Å². The largest absolute Gasteiger partial charge is 0.289 e. The molecule has 1 aromatic carbocycles. The predicted octanol–water partition coefficient (Wildman–Crippen LogP) is 1.29. The topological polar surface area (TPSA) is 89.3 Å². The summed E-state index contributed by atoms with van der Waals surface area (Å²) < 4.78 is 0. The van der Waals surface area contributed by atoms with E-state index in [2.05, 4.69) is 0 Å². The number of carbonyl (C=O) groups excluding carboxylic acids is 2. The van der Waals surface area contributed by atoms with Crippen LogP contribution in [0.3, 0.4) is 0 Å². The molecule has 0 atom stereocenters. The maximum Gasteiger partial charge on any atom is 0.270 e. The first-order valence-corrected chi connectivity index (χ1v) is 4.88. The Bertz CT molecular complexity index is 580. The third-order valence-electron chi connectivity index (χ3n) is 2.21. The number of non-ortho nitro benzene ring substituents is 1. The number of imide groups is 1. The van der Waals surface area contributed by atoms with Crippen molar-refractivity contribution in [3.8, 4) is 0 Å². The van der Waals surface area contributed by atoms with E-state index in [4.69, 9.17) is 11.6 Å². The van der Waals surface area contributed by atoms with E-state index in [9.17, 15) is 19.7 Å². The van der Waals surface area contributed by atoms with Gasteiger partial charge in [0.25, 0.3) is 17.5 Å². The van der Waals surface area contributed by atoms with Crippen molar-refractivity contribution in [3.05, 3.63) is 45.0 Å². The van der Waals surface area contributed by atoms with E-state index in [-0.39, 0.29) is 21.8 Å². The average molecular weight is 253 g/mol. The molecule has 1 heterocycles. The zero-order chi connectivity index (χ0) is 12.6. The predicted molar refractivity (Wildman–Crippen MR) is 59.2 cm³/mol. The Morgan fingerprint density at radius 1 is 1.29 bits per heavy atom. The summed E-state index contributed by atoms with van der Waals surface area (Å²) in [5.74, 6) is -1.18. The Morgan fingerprint density at radius 2 is 2.00 bits per heavy atom. The van der Waals surface area contributed by atoms with Gasteiger partial charge in [-0.15, -0.1) is 0 Å². The van der Waals surface area contributed by atoms with E-state index >= 15 is 0 Å². The molecule has 86 valence electrons. The van der Waals surface area contributed by atoms with Gasteiger partial charge in [-0.25, -0.2) is 0 Å². The highest BCUT2D eigenvalue weighted by atomic mass is 35.5. The van der Waals surface area contributed by atoms with E-state index < -0.39 is 16.7 Å². The molecule has 0 bridgehead atoms. The van der Waals surface area contributed by atoms with Crippen molar-refractivity contribution in [1.29, 1.82) is 0 Å². The SMILES string of the molecule is O=C1C=C(c2cc([N+](=O)[O-])ccc2Cl)C(=O)N1. The highest BCUT2D eigenvalue weighted by molar-refractivity contribution is 6.39. The molecular weight excluding hydrogens is 248 g/mol. The molecule has 1 aliphatic heterocycles. The van der Waals surface area contributed by atoms with Gasteiger partial charge in [0.1, 0.15) is 0 Å². The lowest BCUT2D eigenvalue weighted by Gasteiger charge is -2.03. The van der Waals surface area contributed by atoms with Crippen LogP contribution in [0.15, 0.2) is 24.3 Å². The normalized spacial score (nSPS) is 14.5. The lowest BCUT2D eigenvalue weighted by atomic mass is 10.1. The second-order valence-electron chi connectivity index (χ2n) is 3.30. The van der Waals surface area contributed by atoms with Crippen molar-refractivity contribution in [2.45, 2.75) is 0 Å². The smallest absolute Gasteiger partial charge is 0.270 e. The molecule has 0 saturated carbocycles. The number of amides is 2. The molecular formula is C10H5ClN2O4. The molecule has 0 fully saturated rings. The second-order valence-corrected chi connectivity index (χ2v) is 3.70. The maximum absolute atomic E-state index is 11.4. The molecule has 0 saturated heterocycles. The van der Waals surface area contributed by atoms with Crippen LogP contribution in [-0.4, -0.2) is 16.7 Å². The van der Waals surface area contributed by atoms with Gasteiger partial charge in [-0.1, -0.05) is 11.6 Å². The van der Waals surface area contributed by atoms with Crippen molar-refractivity contribution in [2.24, 2.45) is 0 Å². The number of hydrogen-bond acceptors (Lipinski definition) is 4. The molecule has 1 N–H and O–H groups in total. The van der Waals surface area contributed by atoms with Crippen LogP contribution < -0.4 is 5.32 Å². The second kappa shape index (κ2) is 3.99. The molecule has 6 nitrogen and oxygen atoms in total. The third-order valence-corrected chi connectivity index (χ3v) is 2.54. The molecule has 17 heavy (non-hydrogen) atoms. The first-order chi connectivity index (χ1) is 7.99. The van der Waals surface area contributed by atoms with Gasteiger partial charge >= 0.3 is 0 Å². The van der Waals surface area contributed by atoms with Crippen molar-refractivity contribution in [1.82, 2.24) is 5.32 Å². The van der Waals surface area contributed by atoms with Gasteiger partial charge in [0, 0.05) is 28.8 Å². The van der Waals surface area contributed by atoms with Gasteiger partial charge in [0.15, 0.2) is 0 Å². The van der Waals surface area contributed by atoms with E-state index in [0.29, 0.717) is 0 Å². The van der Waals surface area contributed by atoms with Gasteiger partial charge in [-0.2, -0.15) is 0 Å². The first-order valence-electron chi connectivity index (χ1n) is 4.50. The number of rotatable bonds is 2. The summed E-state index contributed by atoms with van der Waals surface area (Å²) in [6.07, 6.45) is 1.06. The molecule has 1 aliphatic rings. The highest BCUT2D eigenvalue weighted by Crippen LogP contribution is 2.29. The fourth-order valence-corrected chi connectivity index (χ4v) is 1.66. The standard InChI is InChI=1S/C10H5ClN2O4/c11-8-2-1-5(13(16)17)3-6(8)7-4-9(14)12-10(7)15/h1-4H,(H,12,14,15).